The van der Waals surface area contributed by atoms with Crippen molar-refractivity contribution in [3.05, 3.63) is 47.8 Å². The van der Waals surface area contributed by atoms with Crippen LogP contribution in [-0.2, 0) is 11.0 Å². The molecule has 0 bridgehead atoms. The van der Waals surface area contributed by atoms with Gasteiger partial charge in [0.05, 0.1) is 11.2 Å². The van der Waals surface area contributed by atoms with Gasteiger partial charge in [0.1, 0.15) is 5.52 Å². The van der Waals surface area contributed by atoms with Crippen LogP contribution in [0.4, 0.5) is 19.0 Å². The third-order valence-corrected chi connectivity index (χ3v) is 4.90. The Kier molecular flexibility index (Phi) is 4.78. The number of pyridine rings is 1. The highest BCUT2D eigenvalue weighted by atomic mass is 19.4. The van der Waals surface area contributed by atoms with E-state index < -0.39 is 23.5 Å². The lowest BCUT2D eigenvalue weighted by Gasteiger charge is -2.13. The van der Waals surface area contributed by atoms with Crippen LogP contribution >= 0.6 is 0 Å². The van der Waals surface area contributed by atoms with Crippen LogP contribution < -0.4 is 5.73 Å². The topological polar surface area (TPSA) is 105 Å². The summed E-state index contributed by atoms with van der Waals surface area (Å²) in [6, 6.07) is 9.75. The zero-order chi connectivity index (χ0) is 22.4. The predicted octanol–water partition coefficient (Wildman–Crippen LogP) is 2.24. The number of benzene rings is 1. The molecule has 3 N–H and O–H groups in total. The van der Waals surface area contributed by atoms with Crippen LogP contribution in [0.5, 0.6) is 0 Å². The fourth-order valence-electron chi connectivity index (χ4n) is 3.23. The average molecular weight is 427 g/mol. The van der Waals surface area contributed by atoms with Crippen molar-refractivity contribution in [3.8, 4) is 23.1 Å². The van der Waals surface area contributed by atoms with Gasteiger partial charge in [0.25, 0.3) is 5.91 Å². The molecule has 1 saturated heterocycles. The van der Waals surface area contributed by atoms with Crippen molar-refractivity contribution in [1.29, 1.82) is 0 Å². The third-order valence-electron chi connectivity index (χ3n) is 4.90. The molecule has 158 valence electrons. The number of hydrogen-bond acceptors (Lipinski definition) is 6. The zero-order valence-electron chi connectivity index (χ0n) is 16.2. The van der Waals surface area contributed by atoms with Gasteiger partial charge in [-0.05, 0) is 24.3 Å². The molecule has 1 aliphatic rings. The number of likely N-dealkylation sites (tertiary alicyclic amines) is 1. The summed E-state index contributed by atoms with van der Waals surface area (Å²) >= 11 is 0. The molecule has 0 spiro atoms. The molecule has 1 aromatic carbocycles. The minimum absolute atomic E-state index is 0.0226. The number of halogens is 3. The van der Waals surface area contributed by atoms with Crippen LogP contribution in [0.1, 0.15) is 17.8 Å². The van der Waals surface area contributed by atoms with Crippen LogP contribution in [0.15, 0.2) is 36.4 Å². The summed E-state index contributed by atoms with van der Waals surface area (Å²) in [5.41, 5.74) is 5.59. The molecule has 0 radical (unpaired) electrons. The van der Waals surface area contributed by atoms with Crippen molar-refractivity contribution in [2.24, 2.45) is 0 Å². The van der Waals surface area contributed by atoms with Gasteiger partial charge < -0.3 is 15.7 Å². The van der Waals surface area contributed by atoms with E-state index in [0.717, 1.165) is 0 Å². The molecule has 1 amide bonds. The molecule has 1 fully saturated rings. The number of alkyl halides is 3. The Balaban J connectivity index is 1.69. The van der Waals surface area contributed by atoms with Gasteiger partial charge in [-0.15, -0.1) is 0 Å². The van der Waals surface area contributed by atoms with Gasteiger partial charge >= 0.3 is 6.18 Å². The molecular formula is C21H16F3N5O2. The first-order valence-corrected chi connectivity index (χ1v) is 9.20. The third kappa shape index (κ3) is 3.87. The number of fused-ring (bicyclic) bond motifs is 1. The van der Waals surface area contributed by atoms with Gasteiger partial charge in [-0.2, -0.15) is 13.2 Å². The van der Waals surface area contributed by atoms with Crippen molar-refractivity contribution in [2.75, 3.05) is 19.3 Å². The zero-order valence-corrected chi connectivity index (χ0v) is 16.2. The molecule has 31 heavy (non-hydrogen) atoms. The normalized spacial score (nSPS) is 18.9. The lowest BCUT2D eigenvalue weighted by molar-refractivity contribution is -0.144. The molecule has 10 heteroatoms. The first-order chi connectivity index (χ1) is 14.6. The number of hydrogen-bond donors (Lipinski definition) is 2. The number of nitrogens with two attached hydrogens (primary N) is 1. The van der Waals surface area contributed by atoms with Crippen molar-refractivity contribution in [1.82, 2.24) is 19.9 Å². The number of amides is 1. The molecule has 0 unspecified atom stereocenters. The number of carbonyl (C=O) groups is 1. The molecule has 0 saturated carbocycles. The van der Waals surface area contributed by atoms with Gasteiger partial charge in [0.15, 0.2) is 5.82 Å². The molecular weight excluding hydrogens is 411 g/mol. The number of nitrogen functional groups attached to an aromatic ring is 1. The highest BCUT2D eigenvalue weighted by Gasteiger charge is 2.42. The van der Waals surface area contributed by atoms with Crippen LogP contribution in [0.2, 0.25) is 0 Å². The quantitative estimate of drug-likeness (QED) is 0.577. The summed E-state index contributed by atoms with van der Waals surface area (Å²) < 4.78 is 38.7. The lowest BCUT2D eigenvalue weighted by Crippen LogP contribution is -2.37. The van der Waals surface area contributed by atoms with Gasteiger partial charge in [-0.25, -0.2) is 15.0 Å². The number of aromatic nitrogens is 3. The van der Waals surface area contributed by atoms with E-state index in [1.807, 2.05) is 0 Å². The summed E-state index contributed by atoms with van der Waals surface area (Å²) in [6.45, 7) is 0.421. The maximum Gasteiger partial charge on any atom is 0.451 e. The Morgan fingerprint density at radius 1 is 1.19 bits per heavy atom. The highest BCUT2D eigenvalue weighted by molar-refractivity contribution is 5.90. The van der Waals surface area contributed by atoms with E-state index in [1.54, 1.807) is 31.3 Å². The molecule has 3 heterocycles. The number of anilines is 1. The van der Waals surface area contributed by atoms with Gasteiger partial charge in [0.2, 0.25) is 11.4 Å². The molecule has 3 aromatic rings. The Hall–Kier alpha value is -3.71. The number of likely N-dealkylation sites (N-methyl/N-ethyl adjacent to an activating group) is 1. The molecule has 1 aliphatic heterocycles. The summed E-state index contributed by atoms with van der Waals surface area (Å²) in [7, 11) is 1.60. The van der Waals surface area contributed by atoms with Crippen LogP contribution in [-0.4, -0.2) is 50.1 Å². The van der Waals surface area contributed by atoms with Gasteiger partial charge in [-0.1, -0.05) is 24.0 Å². The maximum atomic E-state index is 12.9. The monoisotopic (exact) mass is 427 g/mol. The van der Waals surface area contributed by atoms with E-state index in [1.165, 1.54) is 17.0 Å². The van der Waals surface area contributed by atoms with E-state index in [-0.39, 0.29) is 23.3 Å². The van der Waals surface area contributed by atoms with Gasteiger partial charge in [-0.3, -0.25) is 4.79 Å². The molecule has 4 rings (SSSR count). The Labute approximate surface area is 174 Å². The number of nitrogens with zero attached hydrogens (tertiary/aromatic N) is 4. The van der Waals surface area contributed by atoms with Gasteiger partial charge in [0, 0.05) is 31.1 Å². The highest BCUT2D eigenvalue weighted by Crippen LogP contribution is 2.30. The summed E-state index contributed by atoms with van der Waals surface area (Å²) in [5, 5.41) is 10.4. The second-order valence-electron chi connectivity index (χ2n) is 7.16. The standard InChI is InChI=1S/C21H16F3N5O2/c1-29-10-9-20(31,19(29)30)8-7-12-3-2-4-13(11-12)14-5-6-15-16(26-14)17(25)28-18(27-15)21(22,23)24/h2-6,11,31H,9-10H2,1H3,(H2,25,27,28)/t20-/m0/s1. The number of aliphatic hydroxyl groups is 1. The van der Waals surface area contributed by atoms with Crippen LogP contribution in [0, 0.1) is 11.8 Å². The second kappa shape index (κ2) is 7.21. The van der Waals surface area contributed by atoms with E-state index in [9.17, 15) is 23.1 Å². The van der Waals surface area contributed by atoms with E-state index in [4.69, 9.17) is 5.73 Å². The summed E-state index contributed by atoms with van der Waals surface area (Å²) in [6.07, 6.45) is -4.49. The van der Waals surface area contributed by atoms with Crippen LogP contribution in [0.25, 0.3) is 22.3 Å². The summed E-state index contributed by atoms with van der Waals surface area (Å²) in [5.74, 6) is 3.31. The van der Waals surface area contributed by atoms with E-state index in [2.05, 4.69) is 26.8 Å². The first kappa shape index (κ1) is 20.6. The summed E-state index contributed by atoms with van der Waals surface area (Å²) in [4.78, 5) is 24.6. The van der Waals surface area contributed by atoms with Crippen molar-refractivity contribution in [3.63, 3.8) is 0 Å². The molecule has 2 aromatic heterocycles. The Bertz CT molecular complexity index is 1270. The lowest BCUT2D eigenvalue weighted by atomic mass is 10.0. The van der Waals surface area contributed by atoms with Crippen molar-refractivity contribution >= 4 is 22.8 Å². The number of rotatable bonds is 1. The fourth-order valence-corrected chi connectivity index (χ4v) is 3.23. The first-order valence-electron chi connectivity index (χ1n) is 9.20. The predicted molar refractivity (Wildman–Crippen MR) is 106 cm³/mol. The number of carbonyl (C=O) groups excluding carboxylic acids is 1. The molecule has 7 nitrogen and oxygen atoms in total. The largest absolute Gasteiger partial charge is 0.451 e. The van der Waals surface area contributed by atoms with Crippen molar-refractivity contribution < 1.29 is 23.1 Å². The fraction of sp³-hybridized carbons (Fsp3) is 0.238. The Morgan fingerprint density at radius 2 is 1.97 bits per heavy atom. The SMILES string of the molecule is CN1CC[C@@](O)(C#Cc2cccc(-c3ccc4nc(C(F)(F)F)nc(N)c4n3)c2)C1=O. The minimum Gasteiger partial charge on any atom is -0.382 e. The van der Waals surface area contributed by atoms with Crippen molar-refractivity contribution in [2.45, 2.75) is 18.2 Å². The molecule has 1 atom stereocenters. The van der Waals surface area contributed by atoms with E-state index in [0.29, 0.717) is 23.4 Å². The minimum atomic E-state index is -4.71. The molecule has 0 aliphatic carbocycles. The average Bonchev–Trinajstić information content (AvgIpc) is 2.99. The maximum absolute atomic E-state index is 12.9. The van der Waals surface area contributed by atoms with E-state index >= 15 is 0 Å². The van der Waals surface area contributed by atoms with Crippen LogP contribution in [0.3, 0.4) is 0 Å². The second-order valence-corrected chi connectivity index (χ2v) is 7.16. The Morgan fingerprint density at radius 3 is 2.65 bits per heavy atom. The smallest absolute Gasteiger partial charge is 0.382 e.